The lowest BCUT2D eigenvalue weighted by molar-refractivity contribution is -0.123. The Hall–Kier alpha value is -2.63. The standard InChI is InChI=1S/C26H37N3O3/c1-7-32-26(31)23-16-28(22-14-12-20(13-15-22)17(2)3)27-24(23)29(18(4)5)25(30)21-10-8-19(6)9-11-21/h12-19,21H,7-11H2,1-6H3. The number of esters is 1. The van der Waals surface area contributed by atoms with Crippen molar-refractivity contribution in [1.29, 1.82) is 0 Å². The number of aromatic nitrogens is 2. The molecule has 0 spiro atoms. The van der Waals surface area contributed by atoms with Crippen molar-refractivity contribution in [3.8, 4) is 5.69 Å². The number of hydrogen-bond donors (Lipinski definition) is 0. The van der Waals surface area contributed by atoms with E-state index in [4.69, 9.17) is 9.84 Å². The summed E-state index contributed by atoms with van der Waals surface area (Å²) in [5.74, 6) is 1.05. The number of hydrogen-bond acceptors (Lipinski definition) is 4. The second-order valence-electron chi connectivity index (χ2n) is 9.54. The van der Waals surface area contributed by atoms with Gasteiger partial charge in [0, 0.05) is 18.2 Å². The molecule has 0 bridgehead atoms. The van der Waals surface area contributed by atoms with Crippen LogP contribution in [0.5, 0.6) is 0 Å². The molecular formula is C26H37N3O3. The average molecular weight is 440 g/mol. The maximum absolute atomic E-state index is 13.6. The van der Waals surface area contributed by atoms with Crippen molar-refractivity contribution in [2.75, 3.05) is 11.5 Å². The number of anilines is 1. The SMILES string of the molecule is CCOC(=O)c1cn(-c2ccc(C(C)C)cc2)nc1N(C(=O)C1CCC(C)CC1)C(C)C. The predicted molar refractivity (Wildman–Crippen MR) is 127 cm³/mol. The minimum Gasteiger partial charge on any atom is -0.462 e. The summed E-state index contributed by atoms with van der Waals surface area (Å²) in [6.07, 6.45) is 5.57. The Morgan fingerprint density at radius 2 is 1.72 bits per heavy atom. The van der Waals surface area contributed by atoms with Gasteiger partial charge in [0.05, 0.1) is 12.3 Å². The molecule has 0 aliphatic heterocycles. The Morgan fingerprint density at radius 3 is 2.25 bits per heavy atom. The van der Waals surface area contributed by atoms with Gasteiger partial charge in [0.15, 0.2) is 5.82 Å². The van der Waals surface area contributed by atoms with Crippen LogP contribution in [0.25, 0.3) is 5.69 Å². The number of benzene rings is 1. The first-order chi connectivity index (χ1) is 15.2. The van der Waals surface area contributed by atoms with Crippen LogP contribution in [-0.4, -0.2) is 34.3 Å². The van der Waals surface area contributed by atoms with Gasteiger partial charge >= 0.3 is 5.97 Å². The van der Waals surface area contributed by atoms with E-state index in [-0.39, 0.29) is 24.5 Å². The highest BCUT2D eigenvalue weighted by Crippen LogP contribution is 2.33. The molecule has 0 saturated heterocycles. The number of nitrogens with zero attached hydrogens (tertiary/aromatic N) is 3. The van der Waals surface area contributed by atoms with Crippen LogP contribution < -0.4 is 4.90 Å². The summed E-state index contributed by atoms with van der Waals surface area (Å²) in [5, 5.41) is 4.73. The molecule has 1 aliphatic rings. The molecule has 6 nitrogen and oxygen atoms in total. The van der Waals surface area contributed by atoms with Crippen LogP contribution in [0.1, 0.15) is 89.1 Å². The van der Waals surface area contributed by atoms with E-state index in [1.54, 1.807) is 22.7 Å². The van der Waals surface area contributed by atoms with E-state index < -0.39 is 5.97 Å². The van der Waals surface area contributed by atoms with Crippen LogP contribution in [0.4, 0.5) is 5.82 Å². The molecule has 1 fully saturated rings. The molecule has 2 aromatic rings. The molecule has 0 atom stereocenters. The Labute approximate surface area is 191 Å². The van der Waals surface area contributed by atoms with E-state index in [1.807, 2.05) is 26.0 Å². The lowest BCUT2D eigenvalue weighted by Crippen LogP contribution is -2.43. The highest BCUT2D eigenvalue weighted by atomic mass is 16.5. The van der Waals surface area contributed by atoms with Crippen molar-refractivity contribution >= 4 is 17.7 Å². The zero-order valence-electron chi connectivity index (χ0n) is 20.3. The van der Waals surface area contributed by atoms with Gasteiger partial charge in [0.25, 0.3) is 0 Å². The Morgan fingerprint density at radius 1 is 1.09 bits per heavy atom. The van der Waals surface area contributed by atoms with Crippen molar-refractivity contribution in [1.82, 2.24) is 9.78 Å². The fourth-order valence-electron chi connectivity index (χ4n) is 4.35. The molecule has 1 aromatic carbocycles. The van der Waals surface area contributed by atoms with Crippen LogP contribution >= 0.6 is 0 Å². The van der Waals surface area contributed by atoms with Crippen LogP contribution in [0.15, 0.2) is 30.5 Å². The maximum Gasteiger partial charge on any atom is 0.343 e. The monoisotopic (exact) mass is 439 g/mol. The van der Waals surface area contributed by atoms with E-state index in [0.29, 0.717) is 23.2 Å². The van der Waals surface area contributed by atoms with Gasteiger partial charge < -0.3 is 4.74 Å². The lowest BCUT2D eigenvalue weighted by Gasteiger charge is -2.32. The lowest BCUT2D eigenvalue weighted by atomic mass is 9.82. The summed E-state index contributed by atoms with van der Waals surface area (Å²) in [5.41, 5.74) is 2.40. The normalized spacial score (nSPS) is 18.8. The van der Waals surface area contributed by atoms with Gasteiger partial charge in [-0.1, -0.05) is 32.9 Å². The highest BCUT2D eigenvalue weighted by Gasteiger charge is 2.34. The third kappa shape index (κ3) is 5.22. The zero-order chi connectivity index (χ0) is 23.4. The first kappa shape index (κ1) is 24.0. The molecule has 6 heteroatoms. The van der Waals surface area contributed by atoms with Gasteiger partial charge in [-0.15, -0.1) is 5.10 Å². The van der Waals surface area contributed by atoms with Gasteiger partial charge in [-0.2, -0.15) is 0 Å². The van der Waals surface area contributed by atoms with Gasteiger partial charge in [-0.05, 0) is 76.0 Å². The van der Waals surface area contributed by atoms with Gasteiger partial charge in [-0.25, -0.2) is 9.48 Å². The fourth-order valence-corrected chi connectivity index (χ4v) is 4.35. The molecule has 1 aliphatic carbocycles. The Balaban J connectivity index is 2.01. The van der Waals surface area contributed by atoms with Crippen molar-refractivity contribution in [3.63, 3.8) is 0 Å². The van der Waals surface area contributed by atoms with E-state index in [9.17, 15) is 9.59 Å². The van der Waals surface area contributed by atoms with E-state index in [1.165, 1.54) is 5.56 Å². The molecule has 0 radical (unpaired) electrons. The molecule has 1 aromatic heterocycles. The summed E-state index contributed by atoms with van der Waals surface area (Å²) in [6.45, 7) is 12.5. The minimum atomic E-state index is -0.455. The average Bonchev–Trinajstić information content (AvgIpc) is 3.19. The molecule has 0 unspecified atom stereocenters. The first-order valence-corrected chi connectivity index (χ1v) is 11.9. The minimum absolute atomic E-state index is 0.0286. The molecule has 32 heavy (non-hydrogen) atoms. The summed E-state index contributed by atoms with van der Waals surface area (Å²) < 4.78 is 6.99. The zero-order valence-corrected chi connectivity index (χ0v) is 20.3. The van der Waals surface area contributed by atoms with Crippen molar-refractivity contribution in [2.45, 2.75) is 79.2 Å². The van der Waals surface area contributed by atoms with Gasteiger partial charge in [-0.3, -0.25) is 9.69 Å². The largest absolute Gasteiger partial charge is 0.462 e. The molecule has 1 amide bonds. The quantitative estimate of drug-likeness (QED) is 0.516. The van der Waals surface area contributed by atoms with E-state index in [2.05, 4.69) is 32.9 Å². The number of amides is 1. The number of carbonyl (C=O) groups excluding carboxylic acids is 2. The topological polar surface area (TPSA) is 64.4 Å². The van der Waals surface area contributed by atoms with E-state index >= 15 is 0 Å². The smallest absolute Gasteiger partial charge is 0.343 e. The molecular weight excluding hydrogens is 402 g/mol. The second-order valence-corrected chi connectivity index (χ2v) is 9.54. The first-order valence-electron chi connectivity index (χ1n) is 11.9. The summed E-state index contributed by atoms with van der Waals surface area (Å²) >= 11 is 0. The fraction of sp³-hybridized carbons (Fsp3) is 0.577. The molecule has 174 valence electrons. The Bertz CT molecular complexity index is 922. The van der Waals surface area contributed by atoms with Crippen molar-refractivity contribution < 1.29 is 14.3 Å². The summed E-state index contributed by atoms with van der Waals surface area (Å²) in [7, 11) is 0. The Kier molecular flexibility index (Phi) is 7.75. The molecule has 0 N–H and O–H groups in total. The summed E-state index contributed by atoms with van der Waals surface area (Å²) in [6, 6.07) is 8.00. The van der Waals surface area contributed by atoms with Crippen molar-refractivity contribution in [2.24, 2.45) is 11.8 Å². The molecule has 1 heterocycles. The van der Waals surface area contributed by atoms with Crippen LogP contribution in [0.2, 0.25) is 0 Å². The third-order valence-electron chi connectivity index (χ3n) is 6.36. The third-order valence-corrected chi connectivity index (χ3v) is 6.36. The van der Waals surface area contributed by atoms with Crippen LogP contribution in [0, 0.1) is 11.8 Å². The number of ether oxygens (including phenoxy) is 1. The van der Waals surface area contributed by atoms with Crippen LogP contribution in [-0.2, 0) is 9.53 Å². The highest BCUT2D eigenvalue weighted by molar-refractivity contribution is 6.02. The molecule has 3 rings (SSSR count). The second kappa shape index (κ2) is 10.3. The maximum atomic E-state index is 13.6. The van der Waals surface area contributed by atoms with Crippen LogP contribution in [0.3, 0.4) is 0 Å². The number of carbonyl (C=O) groups is 2. The molecule has 1 saturated carbocycles. The van der Waals surface area contributed by atoms with Crippen molar-refractivity contribution in [3.05, 3.63) is 41.6 Å². The van der Waals surface area contributed by atoms with Gasteiger partial charge in [0.1, 0.15) is 5.56 Å². The predicted octanol–water partition coefficient (Wildman–Crippen LogP) is 5.74. The number of rotatable bonds is 7. The summed E-state index contributed by atoms with van der Waals surface area (Å²) in [4.78, 5) is 28.1. The van der Waals surface area contributed by atoms with Gasteiger partial charge in [0.2, 0.25) is 5.91 Å². The van der Waals surface area contributed by atoms with E-state index in [0.717, 1.165) is 31.4 Å².